The van der Waals surface area contributed by atoms with Gasteiger partial charge in [0.05, 0.1) is 19.9 Å². The van der Waals surface area contributed by atoms with E-state index in [4.69, 9.17) is 14.6 Å². The molecule has 5 nitrogen and oxygen atoms in total. The summed E-state index contributed by atoms with van der Waals surface area (Å²) in [6.45, 7) is 3.08. The average Bonchev–Trinajstić information content (AvgIpc) is 3.30. The van der Waals surface area contributed by atoms with E-state index < -0.39 is 0 Å². The molecule has 0 fully saturated rings. The lowest BCUT2D eigenvalue weighted by Crippen LogP contribution is -2.04. The number of nitrogens with zero attached hydrogens (tertiary/aromatic N) is 2. The molecule has 0 saturated carbocycles. The van der Waals surface area contributed by atoms with Gasteiger partial charge in [-0.3, -0.25) is 0 Å². The minimum absolute atomic E-state index is 0.714. The Hall–Kier alpha value is -2.95. The first kappa shape index (κ1) is 16.5. The normalized spacial score (nSPS) is 12.6. The monoisotopic (exact) mass is 349 g/mol. The second-order valence-corrected chi connectivity index (χ2v) is 6.33. The quantitative estimate of drug-likeness (QED) is 0.754. The van der Waals surface area contributed by atoms with Crippen LogP contribution in [0, 0.1) is 0 Å². The number of hydrogen-bond acceptors (Lipinski definition) is 4. The summed E-state index contributed by atoms with van der Waals surface area (Å²) in [6.07, 6.45) is 1.97. The number of methoxy groups -OCH3 is 2. The molecule has 1 aliphatic rings. The molecule has 0 unspecified atom stereocenters. The second-order valence-electron chi connectivity index (χ2n) is 6.33. The van der Waals surface area contributed by atoms with E-state index in [0.717, 1.165) is 47.9 Å². The largest absolute Gasteiger partial charge is 0.493 e. The summed E-state index contributed by atoms with van der Waals surface area (Å²) < 4.78 is 13.1. The van der Waals surface area contributed by atoms with Crippen molar-refractivity contribution in [3.63, 3.8) is 0 Å². The SMILES string of the molecule is CCc1ccc(-n2nc(-c3cccc(OC)c3OC)c3c2NCC3)cc1. The van der Waals surface area contributed by atoms with E-state index in [9.17, 15) is 0 Å². The predicted molar refractivity (Wildman–Crippen MR) is 104 cm³/mol. The maximum atomic E-state index is 5.63. The molecule has 0 aliphatic carbocycles. The number of benzene rings is 2. The Labute approximate surface area is 153 Å². The zero-order chi connectivity index (χ0) is 18.1. The zero-order valence-electron chi connectivity index (χ0n) is 15.4. The van der Waals surface area contributed by atoms with Gasteiger partial charge in [0.2, 0.25) is 0 Å². The molecule has 1 N–H and O–H groups in total. The fourth-order valence-electron chi connectivity index (χ4n) is 3.52. The van der Waals surface area contributed by atoms with Crippen molar-refractivity contribution in [3.05, 3.63) is 53.6 Å². The standard InChI is InChI=1S/C21H23N3O2/c1-4-14-8-10-15(11-9-14)24-21-17(12-13-22-21)19(23-24)16-6-5-7-18(25-2)20(16)26-3/h5-11,22H,4,12-13H2,1-3H3. The molecule has 4 rings (SSSR count). The highest BCUT2D eigenvalue weighted by Gasteiger charge is 2.26. The van der Waals surface area contributed by atoms with Crippen LogP contribution in [0.2, 0.25) is 0 Å². The number of para-hydroxylation sites is 1. The molecule has 0 radical (unpaired) electrons. The summed E-state index contributed by atoms with van der Waals surface area (Å²) in [6, 6.07) is 14.5. The number of aromatic nitrogens is 2. The molecule has 2 heterocycles. The molecule has 1 aliphatic heterocycles. The van der Waals surface area contributed by atoms with Crippen LogP contribution in [0.1, 0.15) is 18.1 Å². The summed E-state index contributed by atoms with van der Waals surface area (Å²) in [7, 11) is 3.32. The fourth-order valence-corrected chi connectivity index (χ4v) is 3.52. The van der Waals surface area contributed by atoms with Gasteiger partial charge in [0.15, 0.2) is 11.5 Å². The van der Waals surface area contributed by atoms with Gasteiger partial charge in [0.1, 0.15) is 11.5 Å². The van der Waals surface area contributed by atoms with Gasteiger partial charge in [0.25, 0.3) is 0 Å². The summed E-state index contributed by atoms with van der Waals surface area (Å²) in [5, 5.41) is 8.41. The van der Waals surface area contributed by atoms with Crippen molar-refractivity contribution in [2.45, 2.75) is 19.8 Å². The van der Waals surface area contributed by atoms with Gasteiger partial charge < -0.3 is 14.8 Å². The van der Waals surface area contributed by atoms with Crippen LogP contribution in [-0.4, -0.2) is 30.5 Å². The highest BCUT2D eigenvalue weighted by atomic mass is 16.5. The van der Waals surface area contributed by atoms with Gasteiger partial charge in [-0.1, -0.05) is 25.1 Å². The van der Waals surface area contributed by atoms with E-state index >= 15 is 0 Å². The minimum atomic E-state index is 0.714. The zero-order valence-corrected chi connectivity index (χ0v) is 15.4. The maximum Gasteiger partial charge on any atom is 0.170 e. The van der Waals surface area contributed by atoms with E-state index in [0.29, 0.717) is 5.75 Å². The molecule has 0 atom stereocenters. The first-order valence-corrected chi connectivity index (χ1v) is 8.93. The van der Waals surface area contributed by atoms with Gasteiger partial charge in [-0.25, -0.2) is 4.68 Å². The molecular formula is C21H23N3O2. The van der Waals surface area contributed by atoms with Crippen molar-refractivity contribution >= 4 is 5.82 Å². The molecule has 3 aromatic rings. The van der Waals surface area contributed by atoms with Crippen LogP contribution in [0.4, 0.5) is 5.82 Å². The van der Waals surface area contributed by atoms with Crippen LogP contribution in [0.3, 0.4) is 0 Å². The molecule has 0 spiro atoms. The Morgan fingerprint density at radius 3 is 2.58 bits per heavy atom. The third-order valence-corrected chi connectivity index (χ3v) is 4.90. The Bertz CT molecular complexity index is 929. The number of fused-ring (bicyclic) bond motifs is 1. The number of rotatable bonds is 5. The second kappa shape index (κ2) is 6.75. The molecule has 0 bridgehead atoms. The molecule has 5 heteroatoms. The molecule has 0 saturated heterocycles. The van der Waals surface area contributed by atoms with Crippen LogP contribution in [0.25, 0.3) is 16.9 Å². The van der Waals surface area contributed by atoms with Gasteiger partial charge >= 0.3 is 0 Å². The molecule has 0 amide bonds. The maximum absolute atomic E-state index is 5.63. The number of anilines is 1. The minimum Gasteiger partial charge on any atom is -0.493 e. The van der Waals surface area contributed by atoms with Crippen molar-refractivity contribution in [3.8, 4) is 28.4 Å². The summed E-state index contributed by atoms with van der Waals surface area (Å²) in [5.41, 5.74) is 5.49. The van der Waals surface area contributed by atoms with Gasteiger partial charge in [-0.05, 0) is 42.7 Å². The first-order chi connectivity index (χ1) is 12.8. The summed E-state index contributed by atoms with van der Waals surface area (Å²) >= 11 is 0. The van der Waals surface area contributed by atoms with Crippen LogP contribution in [0.15, 0.2) is 42.5 Å². The number of aryl methyl sites for hydroxylation is 1. The van der Waals surface area contributed by atoms with E-state index in [1.54, 1.807) is 14.2 Å². The van der Waals surface area contributed by atoms with E-state index in [2.05, 4.69) is 36.5 Å². The highest BCUT2D eigenvalue weighted by molar-refractivity contribution is 5.78. The van der Waals surface area contributed by atoms with Crippen molar-refractivity contribution in [2.24, 2.45) is 0 Å². The molecule has 1 aromatic heterocycles. The number of ether oxygens (including phenoxy) is 2. The fraction of sp³-hybridized carbons (Fsp3) is 0.286. The van der Waals surface area contributed by atoms with Crippen LogP contribution < -0.4 is 14.8 Å². The van der Waals surface area contributed by atoms with E-state index in [1.807, 2.05) is 22.9 Å². The van der Waals surface area contributed by atoms with E-state index in [1.165, 1.54) is 11.1 Å². The third-order valence-electron chi connectivity index (χ3n) is 4.90. The smallest absolute Gasteiger partial charge is 0.170 e. The van der Waals surface area contributed by atoms with Crippen molar-refractivity contribution in [2.75, 3.05) is 26.1 Å². The van der Waals surface area contributed by atoms with Crippen LogP contribution in [-0.2, 0) is 12.8 Å². The van der Waals surface area contributed by atoms with Gasteiger partial charge in [-0.15, -0.1) is 0 Å². The lowest BCUT2D eigenvalue weighted by atomic mass is 10.1. The number of hydrogen-bond donors (Lipinski definition) is 1. The van der Waals surface area contributed by atoms with Gasteiger partial charge in [-0.2, -0.15) is 5.10 Å². The molecule has 2 aromatic carbocycles. The van der Waals surface area contributed by atoms with Crippen molar-refractivity contribution < 1.29 is 9.47 Å². The molecule has 26 heavy (non-hydrogen) atoms. The van der Waals surface area contributed by atoms with Crippen LogP contribution in [0.5, 0.6) is 11.5 Å². The summed E-state index contributed by atoms with van der Waals surface area (Å²) in [5.74, 6) is 2.50. The lowest BCUT2D eigenvalue weighted by molar-refractivity contribution is 0.356. The van der Waals surface area contributed by atoms with Crippen molar-refractivity contribution in [1.82, 2.24) is 9.78 Å². The van der Waals surface area contributed by atoms with Crippen molar-refractivity contribution in [1.29, 1.82) is 0 Å². The predicted octanol–water partition coefficient (Wildman–Crippen LogP) is 4.09. The Balaban J connectivity index is 1.87. The third kappa shape index (κ3) is 2.60. The Kier molecular flexibility index (Phi) is 4.29. The average molecular weight is 349 g/mol. The number of nitrogens with one attached hydrogen (secondary N) is 1. The van der Waals surface area contributed by atoms with E-state index in [-0.39, 0.29) is 0 Å². The Morgan fingerprint density at radius 1 is 1.08 bits per heavy atom. The Morgan fingerprint density at radius 2 is 1.88 bits per heavy atom. The molecular weight excluding hydrogens is 326 g/mol. The first-order valence-electron chi connectivity index (χ1n) is 8.93. The van der Waals surface area contributed by atoms with Gasteiger partial charge in [0, 0.05) is 17.7 Å². The van der Waals surface area contributed by atoms with Crippen LogP contribution >= 0.6 is 0 Å². The summed E-state index contributed by atoms with van der Waals surface area (Å²) in [4.78, 5) is 0. The topological polar surface area (TPSA) is 48.3 Å². The highest BCUT2D eigenvalue weighted by Crippen LogP contribution is 2.42. The molecule has 134 valence electrons. The lowest BCUT2D eigenvalue weighted by Gasteiger charge is -2.11.